The van der Waals surface area contributed by atoms with E-state index in [1.165, 1.54) is 12.1 Å². The molecule has 17 heavy (non-hydrogen) atoms. The highest BCUT2D eigenvalue weighted by molar-refractivity contribution is 6.20. The lowest BCUT2D eigenvalue weighted by Crippen LogP contribution is -1.99. The van der Waals surface area contributed by atoms with E-state index in [0.717, 1.165) is 5.56 Å². The summed E-state index contributed by atoms with van der Waals surface area (Å²) in [5, 5.41) is 18.3. The first kappa shape index (κ1) is 11.6. The summed E-state index contributed by atoms with van der Waals surface area (Å²) in [6.07, 6.45) is 0. The van der Waals surface area contributed by atoms with Crippen molar-refractivity contribution >= 4 is 11.6 Å². The number of hydrogen-bond donors (Lipinski definition) is 2. The Balaban J connectivity index is 2.08. The maximum absolute atomic E-state index is 9.15. The van der Waals surface area contributed by atoms with E-state index in [-0.39, 0.29) is 11.5 Å². The van der Waals surface area contributed by atoms with Gasteiger partial charge in [0.1, 0.15) is 17.2 Å². The van der Waals surface area contributed by atoms with Crippen molar-refractivity contribution in [1.82, 2.24) is 0 Å². The molecule has 0 aliphatic carbocycles. The molecule has 2 rings (SSSR count). The summed E-state index contributed by atoms with van der Waals surface area (Å²) in [4.78, 5) is 0. The number of aromatic hydroxyl groups is 2. The molecule has 1 unspecified atom stereocenters. The predicted octanol–water partition coefficient (Wildman–Crippen LogP) is 3.41. The molecule has 0 saturated carbocycles. The molecule has 0 aliphatic heterocycles. The first-order chi connectivity index (χ1) is 8.15. The van der Waals surface area contributed by atoms with Crippen molar-refractivity contribution in [3.05, 3.63) is 54.1 Å². The topological polar surface area (TPSA) is 49.7 Å². The minimum atomic E-state index is -0.639. The number of phenolic OH excluding ortho intramolecular Hbond substituents is 2. The average molecular weight is 251 g/mol. The summed E-state index contributed by atoms with van der Waals surface area (Å²) >= 11 is 6.07. The van der Waals surface area contributed by atoms with Gasteiger partial charge in [0.05, 0.1) is 0 Å². The number of halogens is 1. The molecule has 0 fully saturated rings. The Labute approximate surface area is 104 Å². The Morgan fingerprint density at radius 3 is 1.82 bits per heavy atom. The minimum absolute atomic E-state index is 0.174. The predicted molar refractivity (Wildman–Crippen MR) is 65.4 cm³/mol. The number of rotatable bonds is 3. The highest BCUT2D eigenvalue weighted by atomic mass is 35.5. The van der Waals surface area contributed by atoms with Crippen molar-refractivity contribution in [2.75, 3.05) is 0 Å². The maximum atomic E-state index is 9.15. The molecular formula is C13H11ClO3. The standard InChI is InChI=1S/C13H11ClO3/c14-13(9-1-3-10(15)4-2-9)17-12-7-5-11(16)6-8-12/h1-8,13,15-16H. The van der Waals surface area contributed by atoms with Gasteiger partial charge in [-0.05, 0) is 36.4 Å². The molecule has 2 N–H and O–H groups in total. The SMILES string of the molecule is Oc1ccc(OC(Cl)c2ccc(O)cc2)cc1. The summed E-state index contributed by atoms with van der Waals surface area (Å²) in [7, 11) is 0. The summed E-state index contributed by atoms with van der Waals surface area (Å²) in [6.45, 7) is 0. The first-order valence-electron chi connectivity index (χ1n) is 5.04. The summed E-state index contributed by atoms with van der Waals surface area (Å²) in [5.74, 6) is 0.922. The van der Waals surface area contributed by atoms with Crippen LogP contribution in [0.5, 0.6) is 17.2 Å². The van der Waals surface area contributed by atoms with Crippen molar-refractivity contribution in [2.45, 2.75) is 5.56 Å². The van der Waals surface area contributed by atoms with Crippen molar-refractivity contribution in [3.63, 3.8) is 0 Å². The quantitative estimate of drug-likeness (QED) is 0.821. The molecule has 4 heteroatoms. The van der Waals surface area contributed by atoms with Crippen LogP contribution in [0.1, 0.15) is 11.1 Å². The molecule has 2 aromatic carbocycles. The van der Waals surface area contributed by atoms with Gasteiger partial charge in [0, 0.05) is 5.56 Å². The van der Waals surface area contributed by atoms with Crippen LogP contribution in [0.2, 0.25) is 0 Å². The normalized spacial score (nSPS) is 12.1. The molecule has 0 saturated heterocycles. The van der Waals surface area contributed by atoms with Crippen LogP contribution in [0.25, 0.3) is 0 Å². The van der Waals surface area contributed by atoms with Crippen molar-refractivity contribution in [3.8, 4) is 17.2 Å². The zero-order chi connectivity index (χ0) is 12.3. The van der Waals surface area contributed by atoms with Gasteiger partial charge in [-0.2, -0.15) is 0 Å². The molecule has 0 aliphatic rings. The van der Waals surface area contributed by atoms with E-state index in [9.17, 15) is 0 Å². The molecule has 0 spiro atoms. The van der Waals surface area contributed by atoms with Crippen LogP contribution in [-0.2, 0) is 0 Å². The number of benzene rings is 2. The third-order valence-electron chi connectivity index (χ3n) is 2.23. The maximum Gasteiger partial charge on any atom is 0.197 e. The smallest absolute Gasteiger partial charge is 0.197 e. The van der Waals surface area contributed by atoms with Gasteiger partial charge in [0.2, 0.25) is 0 Å². The summed E-state index contributed by atoms with van der Waals surface area (Å²) < 4.78 is 5.47. The molecule has 0 bridgehead atoms. The third-order valence-corrected chi connectivity index (χ3v) is 2.57. The molecule has 2 aromatic rings. The number of ether oxygens (including phenoxy) is 1. The second kappa shape index (κ2) is 4.97. The lowest BCUT2D eigenvalue weighted by molar-refractivity contribution is 0.287. The molecule has 88 valence electrons. The largest absolute Gasteiger partial charge is 0.508 e. The van der Waals surface area contributed by atoms with Gasteiger partial charge in [-0.3, -0.25) is 0 Å². The van der Waals surface area contributed by atoms with Gasteiger partial charge in [0.25, 0.3) is 0 Å². The fourth-order valence-corrected chi connectivity index (χ4v) is 1.59. The number of alkyl halides is 1. The van der Waals surface area contributed by atoms with E-state index < -0.39 is 5.56 Å². The molecule has 0 aromatic heterocycles. The monoisotopic (exact) mass is 250 g/mol. The zero-order valence-electron chi connectivity index (χ0n) is 8.88. The van der Waals surface area contributed by atoms with E-state index in [0.29, 0.717) is 5.75 Å². The van der Waals surface area contributed by atoms with Crippen molar-refractivity contribution in [2.24, 2.45) is 0 Å². The van der Waals surface area contributed by atoms with Gasteiger partial charge < -0.3 is 14.9 Å². The lowest BCUT2D eigenvalue weighted by atomic mass is 10.2. The van der Waals surface area contributed by atoms with Gasteiger partial charge in [-0.15, -0.1) is 0 Å². The Kier molecular flexibility index (Phi) is 3.40. The second-order valence-electron chi connectivity index (χ2n) is 3.52. The van der Waals surface area contributed by atoms with Gasteiger partial charge in [-0.1, -0.05) is 23.7 Å². The highest BCUT2D eigenvalue weighted by Crippen LogP contribution is 2.27. The van der Waals surface area contributed by atoms with E-state index in [1.54, 1.807) is 36.4 Å². The Hall–Kier alpha value is -1.87. The molecule has 0 radical (unpaired) electrons. The van der Waals surface area contributed by atoms with Crippen LogP contribution in [0.4, 0.5) is 0 Å². The summed E-state index contributed by atoms with van der Waals surface area (Å²) in [6, 6.07) is 12.8. The molecular weight excluding hydrogens is 240 g/mol. The van der Waals surface area contributed by atoms with Crippen LogP contribution in [0, 0.1) is 0 Å². The van der Waals surface area contributed by atoms with Gasteiger partial charge in [-0.25, -0.2) is 0 Å². The van der Waals surface area contributed by atoms with Gasteiger partial charge in [0.15, 0.2) is 5.56 Å². The molecule has 0 amide bonds. The van der Waals surface area contributed by atoms with Crippen LogP contribution in [0.3, 0.4) is 0 Å². The second-order valence-corrected chi connectivity index (χ2v) is 3.92. The average Bonchev–Trinajstić information content (AvgIpc) is 2.33. The Bertz CT molecular complexity index is 479. The fourth-order valence-electron chi connectivity index (χ4n) is 1.34. The fraction of sp³-hybridized carbons (Fsp3) is 0.0769. The highest BCUT2D eigenvalue weighted by Gasteiger charge is 2.09. The first-order valence-corrected chi connectivity index (χ1v) is 5.47. The van der Waals surface area contributed by atoms with E-state index in [4.69, 9.17) is 26.6 Å². The van der Waals surface area contributed by atoms with Crippen molar-refractivity contribution in [1.29, 1.82) is 0 Å². The van der Waals surface area contributed by atoms with Crippen LogP contribution < -0.4 is 4.74 Å². The molecule has 0 heterocycles. The zero-order valence-corrected chi connectivity index (χ0v) is 9.63. The molecule has 3 nitrogen and oxygen atoms in total. The third kappa shape index (κ3) is 3.04. The Morgan fingerprint density at radius 2 is 1.29 bits per heavy atom. The van der Waals surface area contributed by atoms with Crippen LogP contribution in [-0.4, -0.2) is 10.2 Å². The van der Waals surface area contributed by atoms with E-state index >= 15 is 0 Å². The van der Waals surface area contributed by atoms with E-state index in [1.807, 2.05) is 0 Å². The van der Waals surface area contributed by atoms with Crippen LogP contribution >= 0.6 is 11.6 Å². The van der Waals surface area contributed by atoms with Crippen LogP contribution in [0.15, 0.2) is 48.5 Å². The number of phenols is 2. The van der Waals surface area contributed by atoms with E-state index in [2.05, 4.69) is 0 Å². The van der Waals surface area contributed by atoms with Crippen molar-refractivity contribution < 1.29 is 14.9 Å². The lowest BCUT2D eigenvalue weighted by Gasteiger charge is -2.13. The van der Waals surface area contributed by atoms with Gasteiger partial charge >= 0.3 is 0 Å². The molecule has 1 atom stereocenters. The number of hydrogen-bond acceptors (Lipinski definition) is 3. The Morgan fingerprint density at radius 1 is 0.824 bits per heavy atom. The minimum Gasteiger partial charge on any atom is -0.508 e. The summed E-state index contributed by atoms with van der Waals surface area (Å²) in [5.41, 5.74) is 0.109.